The van der Waals surface area contributed by atoms with Crippen LogP contribution in [0, 0.1) is 0 Å². The molecule has 0 rings (SSSR count). The molecule has 0 aromatic rings. The van der Waals surface area contributed by atoms with Gasteiger partial charge in [-0.2, -0.15) is 0 Å². The Morgan fingerprint density at radius 1 is 1.36 bits per heavy atom. The van der Waals surface area contributed by atoms with E-state index in [1.54, 1.807) is 0 Å². The Balaban J connectivity index is 3.15. The third kappa shape index (κ3) is 9.78. The molecule has 68 valence electrons. The Morgan fingerprint density at radius 3 is 2.27 bits per heavy atom. The van der Waals surface area contributed by atoms with Crippen LogP contribution in [-0.2, 0) is 4.74 Å². The Morgan fingerprint density at radius 2 is 1.91 bits per heavy atom. The van der Waals surface area contributed by atoms with E-state index in [1.165, 1.54) is 0 Å². The molecule has 0 aliphatic rings. The number of nitrogens with zero attached hydrogens (tertiary/aromatic N) is 1. The van der Waals surface area contributed by atoms with Crippen LogP contribution in [0.4, 0.5) is 8.78 Å². The highest BCUT2D eigenvalue weighted by atomic mass is 19.3. The van der Waals surface area contributed by atoms with Gasteiger partial charge in [0.25, 0.3) is 5.92 Å². The maximum Gasteiger partial charge on any atom is 0.268 e. The van der Waals surface area contributed by atoms with E-state index in [0.717, 1.165) is 6.92 Å². The van der Waals surface area contributed by atoms with E-state index in [-0.39, 0.29) is 0 Å². The molecule has 0 radical (unpaired) electrons. The Hall–Kier alpha value is -0.220. The van der Waals surface area contributed by atoms with E-state index in [2.05, 4.69) is 0 Å². The molecular weight excluding hydrogens is 152 g/mol. The number of ether oxygens (including phenoxy) is 1. The van der Waals surface area contributed by atoms with E-state index >= 15 is 0 Å². The predicted molar refractivity (Wildman–Crippen MR) is 40.0 cm³/mol. The molecular formula is C7H15F2NO. The average molecular weight is 167 g/mol. The summed E-state index contributed by atoms with van der Waals surface area (Å²) in [7, 11) is 3.74. The van der Waals surface area contributed by atoms with Gasteiger partial charge < -0.3 is 9.64 Å². The van der Waals surface area contributed by atoms with Gasteiger partial charge in [-0.15, -0.1) is 0 Å². The molecule has 0 aliphatic heterocycles. The Kier molecular flexibility index (Phi) is 4.52. The second-order valence-electron chi connectivity index (χ2n) is 2.93. The Labute approximate surface area is 66.1 Å². The number of halogens is 2. The molecule has 0 unspecified atom stereocenters. The second kappa shape index (κ2) is 4.62. The van der Waals surface area contributed by atoms with Crippen molar-refractivity contribution in [1.82, 2.24) is 4.90 Å². The lowest BCUT2D eigenvalue weighted by molar-refractivity contribution is -0.0639. The topological polar surface area (TPSA) is 12.5 Å². The van der Waals surface area contributed by atoms with Crippen LogP contribution in [0.25, 0.3) is 0 Å². The first kappa shape index (κ1) is 10.8. The minimum atomic E-state index is -2.70. The van der Waals surface area contributed by atoms with Crippen LogP contribution < -0.4 is 0 Å². The van der Waals surface area contributed by atoms with Crippen LogP contribution in [-0.4, -0.2) is 44.7 Å². The molecule has 0 bridgehead atoms. The molecule has 0 fully saturated rings. The van der Waals surface area contributed by atoms with Crippen molar-refractivity contribution in [2.45, 2.75) is 12.8 Å². The molecule has 0 heterocycles. The summed E-state index contributed by atoms with van der Waals surface area (Å²) in [4.78, 5) is 1.88. The van der Waals surface area contributed by atoms with E-state index in [9.17, 15) is 8.78 Å². The van der Waals surface area contributed by atoms with Gasteiger partial charge in [0.05, 0.1) is 6.61 Å². The van der Waals surface area contributed by atoms with Crippen LogP contribution >= 0.6 is 0 Å². The summed E-state index contributed by atoms with van der Waals surface area (Å²) in [6, 6.07) is 0. The van der Waals surface area contributed by atoms with Crippen molar-refractivity contribution in [2.75, 3.05) is 33.9 Å². The average Bonchev–Trinajstić information content (AvgIpc) is 1.78. The van der Waals surface area contributed by atoms with Gasteiger partial charge in [0.15, 0.2) is 0 Å². The largest absolute Gasteiger partial charge is 0.374 e. The van der Waals surface area contributed by atoms with E-state index in [1.807, 2.05) is 19.0 Å². The molecule has 0 aromatic carbocycles. The molecule has 0 atom stereocenters. The fourth-order valence-corrected chi connectivity index (χ4v) is 0.499. The van der Waals surface area contributed by atoms with E-state index < -0.39 is 12.5 Å². The summed E-state index contributed by atoms with van der Waals surface area (Å²) in [5, 5.41) is 0. The Bertz CT molecular complexity index is 101. The molecule has 2 nitrogen and oxygen atoms in total. The summed E-state index contributed by atoms with van der Waals surface area (Å²) in [5.41, 5.74) is 0. The maximum atomic E-state index is 12.1. The smallest absolute Gasteiger partial charge is 0.268 e. The third-order valence-corrected chi connectivity index (χ3v) is 1.04. The first-order valence-corrected chi connectivity index (χ1v) is 3.52. The number of hydrogen-bond donors (Lipinski definition) is 0. The van der Waals surface area contributed by atoms with Crippen molar-refractivity contribution in [3.05, 3.63) is 0 Å². The summed E-state index contributed by atoms with van der Waals surface area (Å²) in [6.07, 6.45) is 0. The monoisotopic (exact) mass is 167 g/mol. The fourth-order valence-electron chi connectivity index (χ4n) is 0.499. The highest BCUT2D eigenvalue weighted by Gasteiger charge is 2.20. The van der Waals surface area contributed by atoms with Crippen molar-refractivity contribution in [3.8, 4) is 0 Å². The van der Waals surface area contributed by atoms with Crippen LogP contribution in [0.3, 0.4) is 0 Å². The molecule has 0 spiro atoms. The first-order valence-electron chi connectivity index (χ1n) is 3.52. The maximum absolute atomic E-state index is 12.1. The highest BCUT2D eigenvalue weighted by Crippen LogP contribution is 2.10. The van der Waals surface area contributed by atoms with Crippen molar-refractivity contribution in [3.63, 3.8) is 0 Å². The van der Waals surface area contributed by atoms with Gasteiger partial charge in [0, 0.05) is 13.5 Å². The van der Waals surface area contributed by atoms with Gasteiger partial charge in [-0.3, -0.25) is 0 Å². The van der Waals surface area contributed by atoms with Crippen LogP contribution in [0.15, 0.2) is 0 Å². The summed E-state index contributed by atoms with van der Waals surface area (Å²) in [5.74, 6) is -2.70. The standard InChI is InChI=1S/C7H15F2NO/c1-7(8,9)6-11-5-4-10(2)3/h4-6H2,1-3H3. The van der Waals surface area contributed by atoms with Crippen molar-refractivity contribution in [1.29, 1.82) is 0 Å². The second-order valence-corrected chi connectivity index (χ2v) is 2.93. The lowest BCUT2D eigenvalue weighted by Gasteiger charge is -2.12. The predicted octanol–water partition coefficient (Wildman–Crippen LogP) is 1.22. The zero-order chi connectivity index (χ0) is 8.91. The van der Waals surface area contributed by atoms with Gasteiger partial charge in [-0.05, 0) is 14.1 Å². The van der Waals surface area contributed by atoms with Crippen molar-refractivity contribution in [2.24, 2.45) is 0 Å². The number of likely N-dealkylation sites (N-methyl/N-ethyl adjacent to an activating group) is 1. The van der Waals surface area contributed by atoms with Gasteiger partial charge in [0.2, 0.25) is 0 Å². The van der Waals surface area contributed by atoms with E-state index in [4.69, 9.17) is 4.74 Å². The molecule has 0 N–H and O–H groups in total. The minimum absolute atomic E-state index is 0.358. The third-order valence-electron chi connectivity index (χ3n) is 1.04. The van der Waals surface area contributed by atoms with Crippen LogP contribution in [0.5, 0.6) is 0 Å². The first-order chi connectivity index (χ1) is 4.92. The van der Waals surface area contributed by atoms with Gasteiger partial charge in [0.1, 0.15) is 6.61 Å². The number of alkyl halides is 2. The number of rotatable bonds is 5. The zero-order valence-corrected chi connectivity index (χ0v) is 7.23. The SMILES string of the molecule is CN(C)CCOCC(C)(F)F. The molecule has 0 aromatic heterocycles. The lowest BCUT2D eigenvalue weighted by Crippen LogP contribution is -2.23. The molecule has 11 heavy (non-hydrogen) atoms. The van der Waals surface area contributed by atoms with Gasteiger partial charge >= 0.3 is 0 Å². The lowest BCUT2D eigenvalue weighted by atomic mass is 10.4. The normalized spacial score (nSPS) is 12.5. The highest BCUT2D eigenvalue weighted by molar-refractivity contribution is 4.54. The van der Waals surface area contributed by atoms with Gasteiger partial charge in [-0.1, -0.05) is 0 Å². The van der Waals surface area contributed by atoms with Crippen molar-refractivity contribution < 1.29 is 13.5 Å². The molecule has 0 aliphatic carbocycles. The van der Waals surface area contributed by atoms with E-state index in [0.29, 0.717) is 13.2 Å². The number of hydrogen-bond acceptors (Lipinski definition) is 2. The molecule has 0 amide bonds. The van der Waals surface area contributed by atoms with Crippen LogP contribution in [0.1, 0.15) is 6.92 Å². The summed E-state index contributed by atoms with van der Waals surface area (Å²) in [6.45, 7) is 1.40. The van der Waals surface area contributed by atoms with Crippen molar-refractivity contribution >= 4 is 0 Å². The quantitative estimate of drug-likeness (QED) is 0.571. The molecule has 0 saturated heterocycles. The van der Waals surface area contributed by atoms with Crippen LogP contribution in [0.2, 0.25) is 0 Å². The molecule has 0 saturated carbocycles. The summed E-state index contributed by atoms with van der Waals surface area (Å²) < 4.78 is 28.9. The van der Waals surface area contributed by atoms with Gasteiger partial charge in [-0.25, -0.2) is 8.78 Å². The minimum Gasteiger partial charge on any atom is -0.374 e. The molecule has 4 heteroatoms. The summed E-state index contributed by atoms with van der Waals surface area (Å²) >= 11 is 0. The fraction of sp³-hybridized carbons (Fsp3) is 1.00. The zero-order valence-electron chi connectivity index (χ0n) is 7.23.